The van der Waals surface area contributed by atoms with Crippen molar-refractivity contribution < 1.29 is 5.11 Å². The molecule has 0 radical (unpaired) electrons. The summed E-state index contributed by atoms with van der Waals surface area (Å²) >= 11 is 0. The molecule has 4 nitrogen and oxygen atoms in total. The van der Waals surface area contributed by atoms with Crippen LogP contribution in [0, 0.1) is 0 Å². The second kappa shape index (κ2) is 5.12. The van der Waals surface area contributed by atoms with E-state index in [1.807, 2.05) is 23.9 Å². The minimum atomic E-state index is -0.426. The second-order valence-corrected chi connectivity index (χ2v) is 4.04. The van der Waals surface area contributed by atoms with Gasteiger partial charge in [-0.25, -0.2) is 0 Å². The van der Waals surface area contributed by atoms with E-state index in [0.717, 1.165) is 25.8 Å². The molecular formula is C10H19N3O. The normalized spacial score (nSPS) is 15.4. The maximum atomic E-state index is 8.93. The average Bonchev–Trinajstić information content (AvgIpc) is 2.65. The van der Waals surface area contributed by atoms with E-state index in [0.29, 0.717) is 0 Å². The van der Waals surface area contributed by atoms with E-state index in [2.05, 4.69) is 5.10 Å². The molecule has 1 aromatic rings. The van der Waals surface area contributed by atoms with Crippen molar-refractivity contribution >= 4 is 0 Å². The molecule has 1 atom stereocenters. The molecule has 0 spiro atoms. The van der Waals surface area contributed by atoms with Gasteiger partial charge >= 0.3 is 0 Å². The van der Waals surface area contributed by atoms with Crippen molar-refractivity contribution in [2.24, 2.45) is 5.73 Å². The zero-order valence-corrected chi connectivity index (χ0v) is 8.69. The molecule has 1 heterocycles. The Bertz CT molecular complexity index is 244. The number of aliphatic hydroxyl groups is 1. The van der Waals surface area contributed by atoms with Crippen LogP contribution in [-0.4, -0.2) is 27.0 Å². The summed E-state index contributed by atoms with van der Waals surface area (Å²) in [7, 11) is 0. The number of rotatable bonds is 6. The van der Waals surface area contributed by atoms with Crippen LogP contribution in [-0.2, 0) is 6.54 Å². The third kappa shape index (κ3) is 3.89. The van der Waals surface area contributed by atoms with Crippen molar-refractivity contribution in [2.45, 2.75) is 38.3 Å². The van der Waals surface area contributed by atoms with Gasteiger partial charge in [-0.3, -0.25) is 4.68 Å². The lowest BCUT2D eigenvalue weighted by Crippen LogP contribution is -2.39. The first-order chi connectivity index (χ1) is 6.64. The van der Waals surface area contributed by atoms with E-state index in [1.54, 1.807) is 6.20 Å². The standard InChI is InChI=1S/C10H19N3O/c1-10(11,9-14)5-2-3-7-13-8-4-6-12-13/h4,6,8,14H,2-3,5,7,9,11H2,1H3. The molecule has 0 aliphatic carbocycles. The summed E-state index contributed by atoms with van der Waals surface area (Å²) in [4.78, 5) is 0. The lowest BCUT2D eigenvalue weighted by atomic mass is 9.97. The van der Waals surface area contributed by atoms with E-state index in [9.17, 15) is 0 Å². The van der Waals surface area contributed by atoms with Crippen LogP contribution < -0.4 is 5.73 Å². The van der Waals surface area contributed by atoms with E-state index in [4.69, 9.17) is 10.8 Å². The van der Waals surface area contributed by atoms with E-state index in [-0.39, 0.29) is 6.61 Å². The molecule has 0 aromatic carbocycles. The van der Waals surface area contributed by atoms with Crippen molar-refractivity contribution in [3.8, 4) is 0 Å². The minimum absolute atomic E-state index is 0.0504. The molecule has 0 fully saturated rings. The molecule has 0 bridgehead atoms. The maximum absolute atomic E-state index is 8.93. The lowest BCUT2D eigenvalue weighted by Gasteiger charge is -2.21. The van der Waals surface area contributed by atoms with Gasteiger partial charge < -0.3 is 10.8 Å². The summed E-state index contributed by atoms with van der Waals surface area (Å²) in [6, 6.07) is 1.92. The van der Waals surface area contributed by atoms with Gasteiger partial charge in [-0.15, -0.1) is 0 Å². The van der Waals surface area contributed by atoms with Crippen molar-refractivity contribution in [1.29, 1.82) is 0 Å². The highest BCUT2D eigenvalue weighted by molar-refractivity contribution is 4.79. The Morgan fingerprint density at radius 1 is 1.50 bits per heavy atom. The Morgan fingerprint density at radius 2 is 2.29 bits per heavy atom. The van der Waals surface area contributed by atoms with Gasteiger partial charge in [0.25, 0.3) is 0 Å². The molecule has 1 unspecified atom stereocenters. The highest BCUT2D eigenvalue weighted by atomic mass is 16.3. The van der Waals surface area contributed by atoms with Gasteiger partial charge in [0, 0.05) is 24.5 Å². The molecule has 1 rings (SSSR count). The Labute approximate surface area is 84.7 Å². The first kappa shape index (κ1) is 11.2. The Kier molecular flexibility index (Phi) is 4.10. The number of unbranched alkanes of at least 4 members (excludes halogenated alkanes) is 1. The molecule has 0 saturated heterocycles. The number of aromatic nitrogens is 2. The fourth-order valence-corrected chi connectivity index (χ4v) is 1.31. The summed E-state index contributed by atoms with van der Waals surface area (Å²) in [6.07, 6.45) is 6.65. The summed E-state index contributed by atoms with van der Waals surface area (Å²) in [6.45, 7) is 2.85. The predicted octanol–water partition coefficient (Wildman–Crippen LogP) is 0.763. The van der Waals surface area contributed by atoms with Gasteiger partial charge in [-0.05, 0) is 32.3 Å². The largest absolute Gasteiger partial charge is 0.394 e. The van der Waals surface area contributed by atoms with Crippen LogP contribution in [0.15, 0.2) is 18.5 Å². The fourth-order valence-electron chi connectivity index (χ4n) is 1.31. The van der Waals surface area contributed by atoms with Crippen LogP contribution in [0.2, 0.25) is 0 Å². The first-order valence-electron chi connectivity index (χ1n) is 5.01. The molecule has 0 aliphatic heterocycles. The zero-order valence-electron chi connectivity index (χ0n) is 8.69. The molecule has 80 valence electrons. The molecule has 4 heteroatoms. The number of hydrogen-bond acceptors (Lipinski definition) is 3. The van der Waals surface area contributed by atoms with E-state index in [1.165, 1.54) is 0 Å². The molecule has 0 amide bonds. The number of nitrogens with two attached hydrogens (primary N) is 1. The quantitative estimate of drug-likeness (QED) is 0.662. The smallest absolute Gasteiger partial charge is 0.0608 e. The molecule has 0 aliphatic rings. The second-order valence-electron chi connectivity index (χ2n) is 4.04. The van der Waals surface area contributed by atoms with Crippen molar-refractivity contribution in [3.05, 3.63) is 18.5 Å². The lowest BCUT2D eigenvalue weighted by molar-refractivity contribution is 0.197. The summed E-state index contributed by atoms with van der Waals surface area (Å²) in [5.41, 5.74) is 5.38. The Morgan fingerprint density at radius 3 is 2.86 bits per heavy atom. The maximum Gasteiger partial charge on any atom is 0.0608 e. The van der Waals surface area contributed by atoms with Gasteiger partial charge in [0.15, 0.2) is 0 Å². The third-order valence-corrected chi connectivity index (χ3v) is 2.31. The van der Waals surface area contributed by atoms with Crippen LogP contribution in [0.1, 0.15) is 26.2 Å². The van der Waals surface area contributed by atoms with Crippen LogP contribution in [0.3, 0.4) is 0 Å². The highest BCUT2D eigenvalue weighted by Gasteiger charge is 2.15. The molecule has 3 N–H and O–H groups in total. The van der Waals surface area contributed by atoms with Crippen molar-refractivity contribution in [3.63, 3.8) is 0 Å². The predicted molar refractivity (Wildman–Crippen MR) is 55.8 cm³/mol. The third-order valence-electron chi connectivity index (χ3n) is 2.31. The summed E-state index contributed by atoms with van der Waals surface area (Å²) in [5, 5.41) is 13.0. The SMILES string of the molecule is CC(N)(CO)CCCCn1cccn1. The molecule has 1 aromatic heterocycles. The fraction of sp³-hybridized carbons (Fsp3) is 0.700. The average molecular weight is 197 g/mol. The van der Waals surface area contributed by atoms with Crippen LogP contribution in [0.25, 0.3) is 0 Å². The van der Waals surface area contributed by atoms with Crippen LogP contribution in [0.5, 0.6) is 0 Å². The number of nitrogens with zero attached hydrogens (tertiary/aromatic N) is 2. The van der Waals surface area contributed by atoms with Gasteiger partial charge in [-0.2, -0.15) is 5.10 Å². The van der Waals surface area contributed by atoms with E-state index < -0.39 is 5.54 Å². The van der Waals surface area contributed by atoms with Crippen LogP contribution in [0.4, 0.5) is 0 Å². The van der Waals surface area contributed by atoms with Crippen LogP contribution >= 0.6 is 0 Å². The minimum Gasteiger partial charge on any atom is -0.394 e. The monoisotopic (exact) mass is 197 g/mol. The highest BCUT2D eigenvalue weighted by Crippen LogP contribution is 2.10. The number of aryl methyl sites for hydroxylation is 1. The number of hydrogen-bond donors (Lipinski definition) is 2. The molecule has 14 heavy (non-hydrogen) atoms. The van der Waals surface area contributed by atoms with Crippen molar-refractivity contribution in [2.75, 3.05) is 6.61 Å². The van der Waals surface area contributed by atoms with Gasteiger partial charge in [0.05, 0.1) is 6.61 Å². The summed E-state index contributed by atoms with van der Waals surface area (Å²) < 4.78 is 1.91. The Hall–Kier alpha value is -0.870. The number of aliphatic hydroxyl groups excluding tert-OH is 1. The molecular weight excluding hydrogens is 178 g/mol. The van der Waals surface area contributed by atoms with Gasteiger partial charge in [-0.1, -0.05) is 0 Å². The van der Waals surface area contributed by atoms with E-state index >= 15 is 0 Å². The summed E-state index contributed by atoms with van der Waals surface area (Å²) in [5.74, 6) is 0. The molecule has 0 saturated carbocycles. The first-order valence-corrected chi connectivity index (χ1v) is 5.01. The zero-order chi connectivity index (χ0) is 10.4. The van der Waals surface area contributed by atoms with Crippen molar-refractivity contribution in [1.82, 2.24) is 9.78 Å². The Balaban J connectivity index is 2.11. The topological polar surface area (TPSA) is 64.1 Å². The van der Waals surface area contributed by atoms with Gasteiger partial charge in [0.2, 0.25) is 0 Å². The van der Waals surface area contributed by atoms with Gasteiger partial charge in [0.1, 0.15) is 0 Å².